The van der Waals surface area contributed by atoms with Gasteiger partial charge < -0.3 is 15.4 Å². The molecule has 0 bridgehead atoms. The zero-order valence-electron chi connectivity index (χ0n) is 23.5. The van der Waals surface area contributed by atoms with Gasteiger partial charge in [-0.3, -0.25) is 9.30 Å². The molecule has 9 heteroatoms. The fraction of sp³-hybridized carbons (Fsp3) is 0.312. The lowest BCUT2D eigenvalue weighted by Gasteiger charge is -2.45. The Morgan fingerprint density at radius 3 is 2.63 bits per heavy atom. The number of carbonyl (C=O) groups is 1. The summed E-state index contributed by atoms with van der Waals surface area (Å²) in [7, 11) is 1.44. The molecular formula is C32H35N7O2. The smallest absolute Gasteiger partial charge is 0.409 e. The van der Waals surface area contributed by atoms with Crippen LogP contribution in [-0.4, -0.2) is 74.6 Å². The van der Waals surface area contributed by atoms with E-state index in [0.29, 0.717) is 30.9 Å². The van der Waals surface area contributed by atoms with Crippen molar-refractivity contribution >= 4 is 33.9 Å². The number of anilines is 1. The van der Waals surface area contributed by atoms with Gasteiger partial charge in [0.05, 0.1) is 18.3 Å². The predicted molar refractivity (Wildman–Crippen MR) is 162 cm³/mol. The summed E-state index contributed by atoms with van der Waals surface area (Å²) in [6.07, 6.45) is 13.4. The third-order valence-electron chi connectivity index (χ3n) is 8.25. The summed E-state index contributed by atoms with van der Waals surface area (Å²) in [6, 6.07) is 10.8. The largest absolute Gasteiger partial charge is 0.453 e. The lowest BCUT2D eigenvalue weighted by Crippen LogP contribution is -2.54. The lowest BCUT2D eigenvalue weighted by molar-refractivity contribution is 0.0446. The Balaban J connectivity index is 1.26. The molecule has 1 saturated carbocycles. The third-order valence-corrected chi connectivity index (χ3v) is 8.25. The molecule has 0 unspecified atom stereocenters. The number of allylic oxidation sites excluding steroid dienone is 5. The first-order valence-electron chi connectivity index (χ1n) is 14.1. The number of ether oxygens (including phenoxy) is 1. The van der Waals surface area contributed by atoms with Crippen LogP contribution in [0.3, 0.4) is 0 Å². The minimum absolute atomic E-state index is 0.245. The Kier molecular flexibility index (Phi) is 7.28. The van der Waals surface area contributed by atoms with E-state index >= 15 is 0 Å². The van der Waals surface area contributed by atoms with Crippen LogP contribution in [0.15, 0.2) is 73.6 Å². The third kappa shape index (κ3) is 5.09. The van der Waals surface area contributed by atoms with Crippen LogP contribution in [0.1, 0.15) is 37.2 Å². The lowest BCUT2D eigenvalue weighted by atomic mass is 9.78. The van der Waals surface area contributed by atoms with Gasteiger partial charge in [0.25, 0.3) is 0 Å². The molecule has 1 saturated heterocycles. The molecule has 9 nitrogen and oxygen atoms in total. The number of pyridine rings is 1. The van der Waals surface area contributed by atoms with E-state index in [-0.39, 0.29) is 6.09 Å². The highest BCUT2D eigenvalue weighted by molar-refractivity contribution is 5.91. The molecule has 1 aliphatic carbocycles. The number of fused-ring (bicyclic) bond motifs is 2. The molecule has 0 atom stereocenters. The van der Waals surface area contributed by atoms with Crippen LogP contribution in [0.4, 0.5) is 10.6 Å². The van der Waals surface area contributed by atoms with Gasteiger partial charge in [0.15, 0.2) is 0 Å². The number of methoxy groups -OCH3 is 1. The number of imidazole rings is 1. The number of benzene rings is 1. The first-order valence-corrected chi connectivity index (χ1v) is 14.1. The predicted octanol–water partition coefficient (Wildman–Crippen LogP) is 5.30. The highest BCUT2D eigenvalue weighted by Gasteiger charge is 2.39. The van der Waals surface area contributed by atoms with Crippen molar-refractivity contribution in [3.05, 3.63) is 85.1 Å². The SMILES string of the molecule is C=C(/C=C\C=C/C)c1ccc2ccc(-c3nc(C4CC(N5CCN(C(=O)OC)CC5)C4)n4ccnc(N)c34)cc2n1. The molecule has 210 valence electrons. The summed E-state index contributed by atoms with van der Waals surface area (Å²) in [5, 5.41) is 1.05. The van der Waals surface area contributed by atoms with E-state index in [1.54, 1.807) is 11.1 Å². The number of amides is 1. The summed E-state index contributed by atoms with van der Waals surface area (Å²) in [5.41, 5.74) is 11.6. The fourth-order valence-corrected chi connectivity index (χ4v) is 5.88. The van der Waals surface area contributed by atoms with Crippen LogP contribution in [-0.2, 0) is 4.74 Å². The second-order valence-electron chi connectivity index (χ2n) is 10.7. The Labute approximate surface area is 239 Å². The van der Waals surface area contributed by atoms with Gasteiger partial charge in [-0.1, -0.05) is 49.1 Å². The molecule has 4 aromatic rings. The highest BCUT2D eigenvalue weighted by atomic mass is 16.5. The van der Waals surface area contributed by atoms with E-state index in [1.807, 2.05) is 43.5 Å². The summed E-state index contributed by atoms with van der Waals surface area (Å²) >= 11 is 0. The zero-order valence-corrected chi connectivity index (χ0v) is 23.5. The quantitative estimate of drug-likeness (QED) is 0.326. The Morgan fingerprint density at radius 1 is 1.10 bits per heavy atom. The van der Waals surface area contributed by atoms with Crippen molar-refractivity contribution in [2.45, 2.75) is 31.7 Å². The van der Waals surface area contributed by atoms with Gasteiger partial charge in [0.1, 0.15) is 22.9 Å². The normalized spacial score (nSPS) is 19.8. The number of nitrogens with two attached hydrogens (primary N) is 1. The van der Waals surface area contributed by atoms with E-state index in [4.69, 9.17) is 20.4 Å². The Bertz CT molecular complexity index is 1670. The zero-order chi connectivity index (χ0) is 28.5. The molecule has 2 fully saturated rings. The number of nitrogens with zero attached hydrogens (tertiary/aromatic N) is 6. The van der Waals surface area contributed by atoms with Gasteiger partial charge >= 0.3 is 6.09 Å². The number of nitrogen functional groups attached to an aromatic ring is 1. The minimum atomic E-state index is -0.245. The van der Waals surface area contributed by atoms with Gasteiger partial charge in [0.2, 0.25) is 0 Å². The fourth-order valence-electron chi connectivity index (χ4n) is 5.88. The highest BCUT2D eigenvalue weighted by Crippen LogP contribution is 2.42. The van der Waals surface area contributed by atoms with Crippen molar-refractivity contribution in [2.75, 3.05) is 39.0 Å². The average Bonchev–Trinajstić information content (AvgIpc) is 3.36. The Morgan fingerprint density at radius 2 is 1.88 bits per heavy atom. The number of hydrogen-bond donors (Lipinski definition) is 1. The van der Waals surface area contributed by atoms with E-state index in [1.165, 1.54) is 7.11 Å². The molecule has 2 aliphatic rings. The summed E-state index contributed by atoms with van der Waals surface area (Å²) in [5.74, 6) is 1.79. The van der Waals surface area contributed by atoms with Crippen molar-refractivity contribution in [1.29, 1.82) is 0 Å². The standard InChI is InChI=1S/C32H35N7O2/c1-4-5-6-7-21(2)26-11-10-22-8-9-23(20-27(22)35-26)28-29-30(33)34-12-13-39(29)31(36-28)24-18-25(19-24)37-14-16-38(17-15-37)32(40)41-3/h4-13,20,24-25H,2,14-19H2,1,3H3,(H2,33,34)/b5-4-,7-6-. The maximum atomic E-state index is 11.8. The minimum Gasteiger partial charge on any atom is -0.453 e. The van der Waals surface area contributed by atoms with Gasteiger partial charge in [0, 0.05) is 61.5 Å². The molecule has 3 aromatic heterocycles. The van der Waals surface area contributed by atoms with Crippen molar-refractivity contribution in [2.24, 2.45) is 0 Å². The summed E-state index contributed by atoms with van der Waals surface area (Å²) < 4.78 is 6.98. The topological polar surface area (TPSA) is 102 Å². The van der Waals surface area contributed by atoms with Gasteiger partial charge in [-0.15, -0.1) is 0 Å². The van der Waals surface area contributed by atoms with Crippen LogP contribution < -0.4 is 5.73 Å². The molecule has 1 aliphatic heterocycles. The maximum absolute atomic E-state index is 11.8. The molecule has 4 heterocycles. The van der Waals surface area contributed by atoms with Gasteiger partial charge in [-0.25, -0.2) is 19.7 Å². The molecule has 0 radical (unpaired) electrons. The average molecular weight is 550 g/mol. The first kappa shape index (κ1) is 26.7. The van der Waals surface area contributed by atoms with Gasteiger partial charge in [-0.2, -0.15) is 0 Å². The second kappa shape index (κ2) is 11.2. The van der Waals surface area contributed by atoms with Gasteiger partial charge in [-0.05, 0) is 37.5 Å². The van der Waals surface area contributed by atoms with Crippen LogP contribution in [0.5, 0.6) is 0 Å². The Hall–Kier alpha value is -4.50. The molecule has 1 amide bonds. The number of hydrogen-bond acceptors (Lipinski definition) is 7. The van der Waals surface area contributed by atoms with E-state index in [0.717, 1.165) is 70.7 Å². The van der Waals surface area contributed by atoms with Crippen LogP contribution in [0, 0.1) is 0 Å². The van der Waals surface area contributed by atoms with Crippen molar-refractivity contribution < 1.29 is 9.53 Å². The first-order chi connectivity index (χ1) is 20.0. The molecular weight excluding hydrogens is 514 g/mol. The monoisotopic (exact) mass is 549 g/mol. The van der Waals surface area contributed by atoms with E-state index in [9.17, 15) is 4.79 Å². The van der Waals surface area contributed by atoms with Crippen LogP contribution in [0.2, 0.25) is 0 Å². The maximum Gasteiger partial charge on any atom is 0.409 e. The van der Waals surface area contributed by atoms with E-state index in [2.05, 4.69) is 45.1 Å². The molecule has 2 N–H and O–H groups in total. The number of rotatable bonds is 6. The van der Waals surface area contributed by atoms with Crippen molar-refractivity contribution in [1.82, 2.24) is 29.2 Å². The molecule has 6 rings (SSSR count). The van der Waals surface area contributed by atoms with Crippen LogP contribution >= 0.6 is 0 Å². The number of carbonyl (C=O) groups excluding carboxylic acids is 1. The molecule has 0 spiro atoms. The van der Waals surface area contributed by atoms with Crippen molar-refractivity contribution in [3.8, 4) is 11.3 Å². The number of aromatic nitrogens is 4. The van der Waals surface area contributed by atoms with E-state index < -0.39 is 0 Å². The molecule has 41 heavy (non-hydrogen) atoms. The second-order valence-corrected chi connectivity index (χ2v) is 10.7. The summed E-state index contributed by atoms with van der Waals surface area (Å²) in [4.78, 5) is 30.6. The molecule has 1 aromatic carbocycles. The van der Waals surface area contributed by atoms with Crippen LogP contribution in [0.25, 0.3) is 33.3 Å². The summed E-state index contributed by atoms with van der Waals surface area (Å²) in [6.45, 7) is 9.28. The van der Waals surface area contributed by atoms with Crippen molar-refractivity contribution in [3.63, 3.8) is 0 Å². The number of piperazine rings is 1.